The average molecular weight is 216 g/mol. The summed E-state index contributed by atoms with van der Waals surface area (Å²) in [5, 5.41) is 0.189. The van der Waals surface area contributed by atoms with Crippen LogP contribution in [0.3, 0.4) is 0 Å². The second-order valence-electron chi connectivity index (χ2n) is 2.69. The third kappa shape index (κ3) is 2.24. The van der Waals surface area contributed by atoms with Crippen molar-refractivity contribution in [1.82, 2.24) is 9.97 Å². The Kier molecular flexibility index (Phi) is 3.91. The molecular formula is C8H14ClN5. The molecule has 0 saturated heterocycles. The fourth-order valence-corrected chi connectivity index (χ4v) is 1.39. The highest BCUT2D eigenvalue weighted by Gasteiger charge is 2.09. The fourth-order valence-electron chi connectivity index (χ4n) is 1.26. The molecule has 5 nitrogen and oxygen atoms in total. The number of nitrogens with one attached hydrogen (secondary N) is 1. The van der Waals surface area contributed by atoms with Crippen LogP contribution in [-0.4, -0.2) is 23.1 Å². The van der Waals surface area contributed by atoms with Crippen molar-refractivity contribution in [1.29, 1.82) is 0 Å². The lowest BCUT2D eigenvalue weighted by atomic mass is 10.4. The maximum absolute atomic E-state index is 5.65. The van der Waals surface area contributed by atoms with E-state index >= 15 is 0 Å². The van der Waals surface area contributed by atoms with Gasteiger partial charge in [0.15, 0.2) is 5.82 Å². The molecule has 0 fully saturated rings. The lowest BCUT2D eigenvalue weighted by molar-refractivity contribution is 0.857. The molecule has 1 rings (SSSR count). The van der Waals surface area contributed by atoms with Gasteiger partial charge in [0, 0.05) is 13.1 Å². The van der Waals surface area contributed by atoms with Crippen molar-refractivity contribution < 1.29 is 0 Å². The second-order valence-corrected chi connectivity index (χ2v) is 3.03. The van der Waals surface area contributed by atoms with Crippen molar-refractivity contribution >= 4 is 23.1 Å². The highest BCUT2D eigenvalue weighted by Crippen LogP contribution is 2.22. The van der Waals surface area contributed by atoms with Crippen LogP contribution < -0.4 is 16.2 Å². The molecule has 0 bridgehead atoms. The summed E-state index contributed by atoms with van der Waals surface area (Å²) >= 11 is 5.65. The Morgan fingerprint density at radius 2 is 2.14 bits per heavy atom. The summed E-state index contributed by atoms with van der Waals surface area (Å²) in [5.74, 6) is 5.89. The first-order chi connectivity index (χ1) is 6.72. The first kappa shape index (κ1) is 11.0. The van der Waals surface area contributed by atoms with E-state index in [-0.39, 0.29) is 5.28 Å². The molecule has 1 aromatic heterocycles. The van der Waals surface area contributed by atoms with E-state index in [1.165, 1.54) is 0 Å². The molecule has 0 spiro atoms. The standard InChI is InChI=1S/C8H14ClN5/c1-3-14(4-2)6-5-11-8(9)12-7(6)13-10/h5H,3-4,10H2,1-2H3,(H,11,12,13). The normalized spacial score (nSPS) is 10.0. The first-order valence-corrected chi connectivity index (χ1v) is 4.84. The second kappa shape index (κ2) is 4.97. The molecule has 0 saturated carbocycles. The molecule has 1 heterocycles. The van der Waals surface area contributed by atoms with E-state index in [2.05, 4.69) is 34.1 Å². The Labute approximate surface area is 88.3 Å². The molecule has 0 aliphatic heterocycles. The van der Waals surface area contributed by atoms with Gasteiger partial charge in [-0.05, 0) is 25.4 Å². The zero-order chi connectivity index (χ0) is 10.6. The Bertz CT molecular complexity index is 300. The summed E-state index contributed by atoms with van der Waals surface area (Å²) in [7, 11) is 0. The summed E-state index contributed by atoms with van der Waals surface area (Å²) in [5.41, 5.74) is 3.37. The minimum absolute atomic E-state index is 0.189. The van der Waals surface area contributed by atoms with Gasteiger partial charge < -0.3 is 10.3 Å². The van der Waals surface area contributed by atoms with Gasteiger partial charge in [0.2, 0.25) is 5.28 Å². The molecule has 3 N–H and O–H groups in total. The fraction of sp³-hybridized carbons (Fsp3) is 0.500. The monoisotopic (exact) mass is 215 g/mol. The molecule has 78 valence electrons. The van der Waals surface area contributed by atoms with E-state index in [9.17, 15) is 0 Å². The molecule has 0 unspecified atom stereocenters. The van der Waals surface area contributed by atoms with Gasteiger partial charge in [-0.2, -0.15) is 4.98 Å². The zero-order valence-electron chi connectivity index (χ0n) is 8.29. The summed E-state index contributed by atoms with van der Waals surface area (Å²) in [6.45, 7) is 5.85. The molecule has 0 amide bonds. The Hall–Kier alpha value is -1.07. The number of nitrogen functional groups attached to an aromatic ring is 1. The van der Waals surface area contributed by atoms with Gasteiger partial charge in [0.25, 0.3) is 0 Å². The maximum Gasteiger partial charge on any atom is 0.224 e. The van der Waals surface area contributed by atoms with Crippen LogP contribution >= 0.6 is 11.6 Å². The predicted octanol–water partition coefficient (Wildman–Crippen LogP) is 1.26. The van der Waals surface area contributed by atoms with E-state index in [4.69, 9.17) is 17.4 Å². The number of anilines is 2. The highest BCUT2D eigenvalue weighted by atomic mass is 35.5. The van der Waals surface area contributed by atoms with Gasteiger partial charge in [-0.25, -0.2) is 10.8 Å². The third-order valence-corrected chi connectivity index (χ3v) is 2.16. The first-order valence-electron chi connectivity index (χ1n) is 4.47. The van der Waals surface area contributed by atoms with Crippen LogP contribution in [0.2, 0.25) is 5.28 Å². The molecule has 0 aromatic carbocycles. The zero-order valence-corrected chi connectivity index (χ0v) is 9.04. The van der Waals surface area contributed by atoms with Crippen molar-refractivity contribution in [2.75, 3.05) is 23.4 Å². The molecule has 14 heavy (non-hydrogen) atoms. The number of hydrogen-bond donors (Lipinski definition) is 2. The number of rotatable bonds is 4. The minimum atomic E-state index is 0.189. The van der Waals surface area contributed by atoms with Gasteiger partial charge >= 0.3 is 0 Å². The summed E-state index contributed by atoms with van der Waals surface area (Å²) in [6, 6.07) is 0. The summed E-state index contributed by atoms with van der Waals surface area (Å²) in [6.07, 6.45) is 1.66. The van der Waals surface area contributed by atoms with Crippen LogP contribution in [0.1, 0.15) is 13.8 Å². The number of nitrogens with zero attached hydrogens (tertiary/aromatic N) is 3. The SMILES string of the molecule is CCN(CC)c1cnc(Cl)nc1NN. The van der Waals surface area contributed by atoms with Crippen LogP contribution in [0.25, 0.3) is 0 Å². The maximum atomic E-state index is 5.65. The van der Waals surface area contributed by atoms with Gasteiger partial charge in [-0.3, -0.25) is 0 Å². The summed E-state index contributed by atoms with van der Waals surface area (Å²) in [4.78, 5) is 10.00. The van der Waals surface area contributed by atoms with Crippen LogP contribution in [0, 0.1) is 0 Å². The van der Waals surface area contributed by atoms with Gasteiger partial charge in [0.1, 0.15) is 0 Å². The van der Waals surface area contributed by atoms with Gasteiger partial charge in [-0.1, -0.05) is 0 Å². The lowest BCUT2D eigenvalue weighted by Crippen LogP contribution is -2.25. The van der Waals surface area contributed by atoms with Crippen molar-refractivity contribution in [2.24, 2.45) is 5.84 Å². The largest absolute Gasteiger partial charge is 0.368 e. The molecule has 0 atom stereocenters. The molecule has 6 heteroatoms. The smallest absolute Gasteiger partial charge is 0.224 e. The topological polar surface area (TPSA) is 67.1 Å². The van der Waals surface area contributed by atoms with E-state index in [0.29, 0.717) is 5.82 Å². The molecule has 0 aliphatic rings. The van der Waals surface area contributed by atoms with E-state index in [0.717, 1.165) is 18.8 Å². The highest BCUT2D eigenvalue weighted by molar-refractivity contribution is 6.28. The number of halogens is 1. The van der Waals surface area contributed by atoms with E-state index < -0.39 is 0 Å². The summed E-state index contributed by atoms with van der Waals surface area (Å²) < 4.78 is 0. The van der Waals surface area contributed by atoms with Gasteiger partial charge in [0.05, 0.1) is 11.9 Å². The van der Waals surface area contributed by atoms with Crippen molar-refractivity contribution in [3.63, 3.8) is 0 Å². The number of aromatic nitrogens is 2. The van der Waals surface area contributed by atoms with Gasteiger partial charge in [-0.15, -0.1) is 0 Å². The Balaban J connectivity index is 3.06. The Morgan fingerprint density at radius 3 is 2.64 bits per heavy atom. The van der Waals surface area contributed by atoms with Crippen LogP contribution in [0.4, 0.5) is 11.5 Å². The van der Waals surface area contributed by atoms with Crippen LogP contribution in [0.5, 0.6) is 0 Å². The average Bonchev–Trinajstić information content (AvgIpc) is 2.21. The van der Waals surface area contributed by atoms with Crippen molar-refractivity contribution in [2.45, 2.75) is 13.8 Å². The van der Waals surface area contributed by atoms with E-state index in [1.807, 2.05) is 0 Å². The van der Waals surface area contributed by atoms with Crippen molar-refractivity contribution in [3.05, 3.63) is 11.5 Å². The Morgan fingerprint density at radius 1 is 1.50 bits per heavy atom. The van der Waals surface area contributed by atoms with Crippen molar-refractivity contribution in [3.8, 4) is 0 Å². The van der Waals surface area contributed by atoms with Crippen LogP contribution in [0.15, 0.2) is 6.20 Å². The number of hydrogen-bond acceptors (Lipinski definition) is 5. The quantitative estimate of drug-likeness (QED) is 0.450. The molecule has 0 radical (unpaired) electrons. The van der Waals surface area contributed by atoms with Crippen LogP contribution in [-0.2, 0) is 0 Å². The number of nitrogens with two attached hydrogens (primary N) is 1. The van der Waals surface area contributed by atoms with E-state index in [1.54, 1.807) is 6.20 Å². The predicted molar refractivity (Wildman–Crippen MR) is 58.4 cm³/mol. The molecule has 1 aromatic rings. The lowest BCUT2D eigenvalue weighted by Gasteiger charge is -2.22. The molecular weight excluding hydrogens is 202 g/mol. The number of hydrazine groups is 1. The molecule has 0 aliphatic carbocycles. The third-order valence-electron chi connectivity index (χ3n) is 1.98. The minimum Gasteiger partial charge on any atom is -0.368 e.